The second kappa shape index (κ2) is 5.77. The normalized spacial score (nSPS) is 16.1. The lowest BCUT2D eigenvalue weighted by Crippen LogP contribution is -2.25. The van der Waals surface area contributed by atoms with Gasteiger partial charge in [0.05, 0.1) is 0 Å². The van der Waals surface area contributed by atoms with Gasteiger partial charge in [0.2, 0.25) is 0 Å². The molecule has 3 nitrogen and oxygen atoms in total. The van der Waals surface area contributed by atoms with Crippen LogP contribution in [0.25, 0.3) is 0 Å². The Kier molecular flexibility index (Phi) is 4.09. The van der Waals surface area contributed by atoms with E-state index in [0.29, 0.717) is 24.2 Å². The number of likely N-dealkylation sites (tertiary alicyclic amines) is 1. The first-order valence-corrected chi connectivity index (χ1v) is 5.89. The first-order valence-electron chi connectivity index (χ1n) is 5.89. The topological polar surface area (TPSA) is 29.5 Å². The summed E-state index contributed by atoms with van der Waals surface area (Å²) in [6.45, 7) is 3.62. The number of hydrogen-bond donors (Lipinski definition) is 0. The molecule has 4 heteroatoms. The summed E-state index contributed by atoms with van der Waals surface area (Å²) < 4.78 is 18.5. The van der Waals surface area contributed by atoms with Crippen molar-refractivity contribution in [3.8, 4) is 5.75 Å². The molecule has 2 rings (SSSR count). The van der Waals surface area contributed by atoms with Crippen LogP contribution < -0.4 is 4.74 Å². The summed E-state index contributed by atoms with van der Waals surface area (Å²) in [6, 6.07) is 4.05. The molecule has 0 amide bonds. The lowest BCUT2D eigenvalue weighted by molar-refractivity contribution is 0.112. The quantitative estimate of drug-likeness (QED) is 0.735. The highest BCUT2D eigenvalue weighted by atomic mass is 19.1. The molecule has 1 heterocycles. The van der Waals surface area contributed by atoms with E-state index in [1.807, 2.05) is 0 Å². The van der Waals surface area contributed by atoms with Crippen LogP contribution in [-0.4, -0.2) is 37.4 Å². The third kappa shape index (κ3) is 3.53. The number of halogens is 1. The van der Waals surface area contributed by atoms with Crippen LogP contribution in [0, 0.1) is 5.82 Å². The lowest BCUT2D eigenvalue weighted by Gasteiger charge is -2.15. The van der Waals surface area contributed by atoms with Gasteiger partial charge < -0.3 is 4.74 Å². The van der Waals surface area contributed by atoms with E-state index in [-0.39, 0.29) is 0 Å². The number of hydrogen-bond acceptors (Lipinski definition) is 3. The van der Waals surface area contributed by atoms with E-state index in [9.17, 15) is 9.18 Å². The second-order valence-electron chi connectivity index (χ2n) is 4.24. The molecule has 0 unspecified atom stereocenters. The Hall–Kier alpha value is -1.42. The third-order valence-corrected chi connectivity index (χ3v) is 2.90. The standard InChI is InChI=1S/C13H16FNO2/c14-12-7-11(10-16)8-13(9-12)17-6-5-15-3-1-2-4-15/h7-10H,1-6H2. The van der Waals surface area contributed by atoms with Gasteiger partial charge in [0.1, 0.15) is 24.5 Å². The van der Waals surface area contributed by atoms with Gasteiger partial charge >= 0.3 is 0 Å². The van der Waals surface area contributed by atoms with Crippen LogP contribution in [0.2, 0.25) is 0 Å². The van der Waals surface area contributed by atoms with Crippen molar-refractivity contribution in [2.45, 2.75) is 12.8 Å². The zero-order valence-corrected chi connectivity index (χ0v) is 9.69. The molecular formula is C13H16FNO2. The SMILES string of the molecule is O=Cc1cc(F)cc(OCCN2CCCC2)c1. The molecule has 0 saturated carbocycles. The zero-order chi connectivity index (χ0) is 12.1. The van der Waals surface area contributed by atoms with Gasteiger partial charge in [0, 0.05) is 18.2 Å². The molecule has 0 radical (unpaired) electrons. The molecule has 1 fully saturated rings. The van der Waals surface area contributed by atoms with Crippen molar-refractivity contribution in [3.63, 3.8) is 0 Å². The van der Waals surface area contributed by atoms with Gasteiger partial charge in [-0.3, -0.25) is 9.69 Å². The molecule has 17 heavy (non-hydrogen) atoms. The minimum Gasteiger partial charge on any atom is -0.492 e. The van der Waals surface area contributed by atoms with Crippen molar-refractivity contribution in [1.82, 2.24) is 4.90 Å². The molecule has 0 atom stereocenters. The summed E-state index contributed by atoms with van der Waals surface area (Å²) in [6.07, 6.45) is 3.11. The maximum Gasteiger partial charge on any atom is 0.150 e. The van der Waals surface area contributed by atoms with Gasteiger partial charge in [0.25, 0.3) is 0 Å². The van der Waals surface area contributed by atoms with Crippen molar-refractivity contribution >= 4 is 6.29 Å². The van der Waals surface area contributed by atoms with Crippen molar-refractivity contribution in [1.29, 1.82) is 0 Å². The fourth-order valence-electron chi connectivity index (χ4n) is 2.03. The smallest absolute Gasteiger partial charge is 0.150 e. The average molecular weight is 237 g/mol. The molecule has 1 saturated heterocycles. The molecule has 1 aliphatic rings. The number of aldehydes is 1. The summed E-state index contributed by atoms with van der Waals surface area (Å²) in [7, 11) is 0. The predicted molar refractivity (Wildman–Crippen MR) is 63.0 cm³/mol. The van der Waals surface area contributed by atoms with Crippen molar-refractivity contribution in [2.75, 3.05) is 26.2 Å². The summed E-state index contributed by atoms with van der Waals surface area (Å²) in [5.41, 5.74) is 0.307. The number of carbonyl (C=O) groups is 1. The molecule has 1 aliphatic heterocycles. The number of nitrogens with zero attached hydrogens (tertiary/aromatic N) is 1. The Morgan fingerprint density at radius 3 is 2.76 bits per heavy atom. The van der Waals surface area contributed by atoms with Crippen LogP contribution in [-0.2, 0) is 0 Å². The Morgan fingerprint density at radius 2 is 2.06 bits per heavy atom. The Morgan fingerprint density at radius 1 is 1.29 bits per heavy atom. The van der Waals surface area contributed by atoms with Gasteiger partial charge in [-0.15, -0.1) is 0 Å². The van der Waals surface area contributed by atoms with Crippen LogP contribution in [0.15, 0.2) is 18.2 Å². The van der Waals surface area contributed by atoms with Crippen molar-refractivity contribution in [2.24, 2.45) is 0 Å². The third-order valence-electron chi connectivity index (χ3n) is 2.90. The highest BCUT2D eigenvalue weighted by Crippen LogP contribution is 2.15. The fourth-order valence-corrected chi connectivity index (χ4v) is 2.03. The van der Waals surface area contributed by atoms with Crippen LogP contribution in [0.4, 0.5) is 4.39 Å². The Labute approximate surface area is 100 Å². The summed E-state index contributed by atoms with van der Waals surface area (Å²) in [4.78, 5) is 12.9. The van der Waals surface area contributed by atoms with E-state index in [0.717, 1.165) is 19.6 Å². The summed E-state index contributed by atoms with van der Waals surface area (Å²) >= 11 is 0. The highest BCUT2D eigenvalue weighted by Gasteiger charge is 2.10. The number of benzene rings is 1. The van der Waals surface area contributed by atoms with E-state index >= 15 is 0 Å². The van der Waals surface area contributed by atoms with Crippen molar-refractivity contribution in [3.05, 3.63) is 29.6 Å². The van der Waals surface area contributed by atoms with Gasteiger partial charge in [-0.25, -0.2) is 4.39 Å². The van der Waals surface area contributed by atoms with Crippen LogP contribution in [0.1, 0.15) is 23.2 Å². The molecule has 0 aromatic heterocycles. The molecule has 1 aromatic carbocycles. The van der Waals surface area contributed by atoms with Crippen LogP contribution in [0.5, 0.6) is 5.75 Å². The van der Waals surface area contributed by atoms with Gasteiger partial charge in [0.15, 0.2) is 0 Å². The largest absolute Gasteiger partial charge is 0.492 e. The maximum absolute atomic E-state index is 13.1. The van der Waals surface area contributed by atoms with Crippen molar-refractivity contribution < 1.29 is 13.9 Å². The molecule has 1 aromatic rings. The van der Waals surface area contributed by atoms with Gasteiger partial charge in [-0.05, 0) is 38.1 Å². The zero-order valence-electron chi connectivity index (χ0n) is 9.69. The molecule has 0 spiro atoms. The lowest BCUT2D eigenvalue weighted by atomic mass is 10.2. The molecule has 0 N–H and O–H groups in total. The minimum atomic E-state index is -0.439. The maximum atomic E-state index is 13.1. The van der Waals surface area contributed by atoms with E-state index in [1.165, 1.54) is 25.0 Å². The molecule has 0 aliphatic carbocycles. The van der Waals surface area contributed by atoms with Crippen LogP contribution >= 0.6 is 0 Å². The van der Waals surface area contributed by atoms with Gasteiger partial charge in [-0.2, -0.15) is 0 Å². The first kappa shape index (κ1) is 12.0. The van der Waals surface area contributed by atoms with E-state index in [4.69, 9.17) is 4.74 Å². The Balaban J connectivity index is 1.85. The molecule has 0 bridgehead atoms. The average Bonchev–Trinajstić information content (AvgIpc) is 2.81. The number of carbonyl (C=O) groups excluding carboxylic acids is 1. The fraction of sp³-hybridized carbons (Fsp3) is 0.462. The molecular weight excluding hydrogens is 221 g/mol. The second-order valence-corrected chi connectivity index (χ2v) is 4.24. The van der Waals surface area contributed by atoms with E-state index in [1.54, 1.807) is 6.07 Å². The monoisotopic (exact) mass is 237 g/mol. The number of ether oxygens (including phenoxy) is 1. The predicted octanol–water partition coefficient (Wildman–Crippen LogP) is 2.11. The van der Waals surface area contributed by atoms with E-state index < -0.39 is 5.82 Å². The Bertz CT molecular complexity index is 389. The number of rotatable bonds is 5. The summed E-state index contributed by atoms with van der Waals surface area (Å²) in [5, 5.41) is 0. The minimum absolute atomic E-state index is 0.307. The highest BCUT2D eigenvalue weighted by molar-refractivity contribution is 5.75. The molecule has 92 valence electrons. The van der Waals surface area contributed by atoms with Crippen LogP contribution in [0.3, 0.4) is 0 Å². The van der Waals surface area contributed by atoms with Gasteiger partial charge in [-0.1, -0.05) is 0 Å². The van der Waals surface area contributed by atoms with E-state index in [2.05, 4.69) is 4.90 Å². The first-order chi connectivity index (χ1) is 8.28. The summed E-state index contributed by atoms with van der Waals surface area (Å²) in [5.74, 6) is -0.0166.